The van der Waals surface area contributed by atoms with Crippen molar-refractivity contribution in [1.29, 1.82) is 0 Å². The van der Waals surface area contributed by atoms with E-state index >= 15 is 0 Å². The lowest BCUT2D eigenvalue weighted by molar-refractivity contribution is 0.0530. The SMILES string of the molecule is C.C.CCOC(=O)c1sc2nnc(C)c(C)c2c1C=O.Cc1nnc2sc3c(=O)[nH]ncc3c2c1C.Cc1nnc2sc3c(c2c1C)C=NNC3Cl.NN.O=P(Cl)(Cl)Cl. The zero-order valence-corrected chi connectivity index (χ0v) is 37.3. The highest BCUT2D eigenvalue weighted by molar-refractivity contribution is 8.24. The van der Waals surface area contributed by atoms with Gasteiger partial charge in [0.1, 0.15) is 24.1 Å². The van der Waals surface area contributed by atoms with E-state index in [-0.39, 0.29) is 32.5 Å². The number of aromatic nitrogens is 8. The summed E-state index contributed by atoms with van der Waals surface area (Å²) in [5.74, 6) is 7.51. The van der Waals surface area contributed by atoms with Gasteiger partial charge in [0.05, 0.1) is 41.0 Å². The van der Waals surface area contributed by atoms with Gasteiger partial charge in [0.25, 0.3) is 5.56 Å². The number of H-pyrrole nitrogens is 1. The van der Waals surface area contributed by atoms with Gasteiger partial charge in [-0.05, 0) is 98.9 Å². The van der Waals surface area contributed by atoms with E-state index < -0.39 is 11.2 Å². The number of thiophene rings is 3. The van der Waals surface area contributed by atoms with Gasteiger partial charge in [-0.25, -0.2) is 9.89 Å². The van der Waals surface area contributed by atoms with E-state index in [1.54, 1.807) is 30.7 Å². The Morgan fingerprint density at radius 1 is 0.847 bits per heavy atom. The molecule has 0 saturated carbocycles. The molecule has 7 aromatic rings. The minimum atomic E-state index is -3.22. The van der Waals surface area contributed by atoms with Crippen LogP contribution in [0.3, 0.4) is 0 Å². The summed E-state index contributed by atoms with van der Waals surface area (Å²) in [7, 11) is 0. The molecule has 0 fully saturated rings. The number of halogens is 4. The fourth-order valence-electron chi connectivity index (χ4n) is 5.24. The van der Waals surface area contributed by atoms with Crippen LogP contribution in [-0.4, -0.2) is 65.9 Å². The van der Waals surface area contributed by atoms with Crippen LogP contribution in [0.5, 0.6) is 0 Å². The summed E-state index contributed by atoms with van der Waals surface area (Å²) in [6.45, 7) is 13.6. The van der Waals surface area contributed by atoms with E-state index in [0.717, 1.165) is 81.4 Å². The maximum atomic E-state index is 11.8. The first-order chi connectivity index (χ1) is 27.0. The summed E-state index contributed by atoms with van der Waals surface area (Å²) in [6.07, 6.45) is 4.16. The standard InChI is InChI=1S/C12H12N2O3S.C10H9ClN4S.C10H8N4OS.2CH4.Cl3OP.H4N2/c1-4-17-12(16)10-8(5-15)9-6(2)7(3)13-14-11(9)18-10;1-4-5(2)13-15-10-7(4)6-3-12-14-9(11)8(6)16-10;1-4-5(2)12-14-10-7(4)6-3-11-13-9(15)8(6)16-10;;;1-5(2,3)4;1-2/h5H,4H2,1-3H3;3,9,14H,1-2H3;3H,1-2H3,(H,13,15);2*1H4;;1-2H2. The van der Waals surface area contributed by atoms with Gasteiger partial charge >= 0.3 is 11.2 Å². The van der Waals surface area contributed by atoms with Crippen LogP contribution >= 0.6 is 84.5 Å². The van der Waals surface area contributed by atoms with Gasteiger partial charge in [-0.2, -0.15) is 25.5 Å². The van der Waals surface area contributed by atoms with E-state index in [4.69, 9.17) is 16.3 Å². The van der Waals surface area contributed by atoms with Crippen LogP contribution in [0.1, 0.15) is 91.5 Å². The predicted molar refractivity (Wildman–Crippen MR) is 244 cm³/mol. The van der Waals surface area contributed by atoms with E-state index in [9.17, 15) is 18.9 Å². The average Bonchev–Trinajstić information content (AvgIpc) is 3.87. The number of fused-ring (bicyclic) bond motifs is 7. The van der Waals surface area contributed by atoms with Crippen molar-refractivity contribution in [2.24, 2.45) is 16.8 Å². The number of esters is 1. The molecular formula is C34H41Cl4N12O5PS3. The third kappa shape index (κ3) is 11.7. The number of rotatable bonds is 3. The molecule has 59 heavy (non-hydrogen) atoms. The minimum Gasteiger partial charge on any atom is -0.462 e. The van der Waals surface area contributed by atoms with Gasteiger partial charge in [0.2, 0.25) is 0 Å². The van der Waals surface area contributed by atoms with E-state index in [1.807, 2.05) is 34.6 Å². The van der Waals surface area contributed by atoms with Crippen LogP contribution in [0.2, 0.25) is 0 Å². The fraction of sp³-hybridized carbons (Fsp3) is 0.324. The molecule has 0 bridgehead atoms. The van der Waals surface area contributed by atoms with E-state index in [2.05, 4.69) is 104 Å². The van der Waals surface area contributed by atoms with Gasteiger partial charge < -0.3 is 4.74 Å². The van der Waals surface area contributed by atoms with Crippen molar-refractivity contribution < 1.29 is 18.9 Å². The van der Waals surface area contributed by atoms with Gasteiger partial charge in [-0.15, -0.1) is 49.3 Å². The number of hydrogen-bond donors (Lipinski definition) is 4. The molecule has 17 nitrogen and oxygen atoms in total. The van der Waals surface area contributed by atoms with Crippen molar-refractivity contribution in [3.8, 4) is 0 Å². The highest BCUT2D eigenvalue weighted by Gasteiger charge is 2.24. The minimum absolute atomic E-state index is 0. The molecule has 0 saturated heterocycles. The second-order valence-corrected chi connectivity index (χ2v) is 21.6. The van der Waals surface area contributed by atoms with Crippen molar-refractivity contribution in [3.05, 3.63) is 71.2 Å². The zero-order chi connectivity index (χ0) is 42.4. The fourth-order valence-corrected chi connectivity index (χ4v) is 8.71. The maximum absolute atomic E-state index is 11.8. The summed E-state index contributed by atoms with van der Waals surface area (Å²) in [6, 6.07) is 0. The molecule has 8 rings (SSSR count). The normalized spacial score (nSPS) is 12.5. The Labute approximate surface area is 370 Å². The van der Waals surface area contributed by atoms with Crippen LogP contribution < -0.4 is 22.7 Å². The number of aldehydes is 1. The lowest BCUT2D eigenvalue weighted by atomic mass is 10.1. The summed E-state index contributed by atoms with van der Waals surface area (Å²) in [5, 5.41) is 35.3. The van der Waals surface area contributed by atoms with Crippen LogP contribution in [0.25, 0.3) is 40.7 Å². The number of hydrogen-bond acceptors (Lipinski definition) is 19. The summed E-state index contributed by atoms with van der Waals surface area (Å²) >= 11 is 24.1. The summed E-state index contributed by atoms with van der Waals surface area (Å²) < 4.78 is 15.1. The molecule has 8 heterocycles. The van der Waals surface area contributed by atoms with Gasteiger partial charge in [-0.3, -0.25) is 31.3 Å². The predicted octanol–water partition coefficient (Wildman–Crippen LogP) is 9.23. The largest absolute Gasteiger partial charge is 0.462 e. The number of nitrogens with zero attached hydrogens (tertiary/aromatic N) is 8. The Kier molecular flexibility index (Phi) is 19.3. The zero-order valence-electron chi connectivity index (χ0n) is 31.0. The Morgan fingerprint density at radius 2 is 1.34 bits per heavy atom. The first-order valence-electron chi connectivity index (χ1n) is 16.2. The third-order valence-corrected chi connectivity index (χ3v) is 11.9. The van der Waals surface area contributed by atoms with Crippen LogP contribution in [-0.2, 0) is 9.30 Å². The highest BCUT2D eigenvalue weighted by atomic mass is 36.0. The number of aryl methyl sites for hydroxylation is 6. The first-order valence-corrected chi connectivity index (χ1v) is 23.5. The van der Waals surface area contributed by atoms with Crippen LogP contribution in [0.4, 0.5) is 0 Å². The molecule has 1 unspecified atom stereocenters. The molecule has 25 heteroatoms. The average molecular weight is 967 g/mol. The van der Waals surface area contributed by atoms with Crippen LogP contribution in [0.15, 0.2) is 16.1 Å². The Balaban J connectivity index is 0.000000278. The second-order valence-electron chi connectivity index (χ2n) is 11.5. The lowest BCUT2D eigenvalue weighted by Crippen LogP contribution is -2.14. The maximum Gasteiger partial charge on any atom is 0.349 e. The molecule has 0 aromatic carbocycles. The third-order valence-electron chi connectivity index (χ3n) is 8.19. The molecule has 7 aromatic heterocycles. The van der Waals surface area contributed by atoms with E-state index in [0.29, 0.717) is 31.6 Å². The Morgan fingerprint density at radius 3 is 1.86 bits per heavy atom. The molecular weight excluding hydrogens is 925 g/mol. The number of carbonyl (C=O) groups is 2. The van der Waals surface area contributed by atoms with Crippen molar-refractivity contribution in [2.45, 2.75) is 68.8 Å². The van der Waals surface area contributed by atoms with E-state index in [1.165, 1.54) is 11.3 Å². The molecule has 318 valence electrons. The monoisotopic (exact) mass is 964 g/mol. The number of nitrogens with one attached hydrogen (secondary N) is 2. The first kappa shape index (κ1) is 51.3. The van der Waals surface area contributed by atoms with Crippen molar-refractivity contribution in [1.82, 2.24) is 46.2 Å². The Hall–Kier alpha value is -3.82. The van der Waals surface area contributed by atoms with Crippen molar-refractivity contribution >= 4 is 144 Å². The van der Waals surface area contributed by atoms with Gasteiger partial charge in [0.15, 0.2) is 11.8 Å². The summed E-state index contributed by atoms with van der Waals surface area (Å²) in [4.78, 5) is 38.2. The van der Waals surface area contributed by atoms with Crippen molar-refractivity contribution in [3.63, 3.8) is 0 Å². The molecule has 1 aliphatic heterocycles. The molecule has 0 radical (unpaired) electrons. The molecule has 1 aliphatic rings. The smallest absolute Gasteiger partial charge is 0.349 e. The topological polar surface area (TPSA) is 260 Å². The molecule has 0 aliphatic carbocycles. The summed E-state index contributed by atoms with van der Waals surface area (Å²) in [5.41, 5.74) is 9.49. The second kappa shape index (κ2) is 22.1. The number of hydrazine groups is 1. The van der Waals surface area contributed by atoms with Crippen molar-refractivity contribution in [2.75, 3.05) is 6.61 Å². The van der Waals surface area contributed by atoms with Gasteiger partial charge in [0, 0.05) is 32.7 Å². The molecule has 0 amide bonds. The molecule has 1 atom stereocenters. The number of nitrogens with two attached hydrogens (primary N) is 2. The highest BCUT2D eigenvalue weighted by Crippen LogP contribution is 2.61. The molecule has 0 spiro atoms. The number of alkyl halides is 1. The quantitative estimate of drug-likeness (QED) is 0.0245. The van der Waals surface area contributed by atoms with Crippen LogP contribution in [0, 0.1) is 41.5 Å². The van der Waals surface area contributed by atoms with Gasteiger partial charge in [-0.1, -0.05) is 26.5 Å². The number of hydrazone groups is 1. The Bertz CT molecular complexity index is 2750. The number of aromatic amines is 1. The number of carbonyl (C=O) groups excluding carboxylic acids is 2. The lowest BCUT2D eigenvalue weighted by Gasteiger charge is -2.12. The number of ether oxygens (including phenoxy) is 1. The molecule has 6 N–H and O–H groups in total.